The molecule has 3 atom stereocenters. The number of aromatic nitrogens is 1. The molecule has 0 amide bonds. The summed E-state index contributed by atoms with van der Waals surface area (Å²) in [7, 11) is 0. The van der Waals surface area contributed by atoms with E-state index in [0.717, 1.165) is 18.4 Å². The highest BCUT2D eigenvalue weighted by Gasteiger charge is 2.31. The minimum Gasteiger partial charge on any atom is -0.308 e. The summed E-state index contributed by atoms with van der Waals surface area (Å²) in [6.07, 6.45) is 4.04. The van der Waals surface area contributed by atoms with E-state index in [4.69, 9.17) is 4.98 Å². The molecule has 0 saturated heterocycles. The van der Waals surface area contributed by atoms with Gasteiger partial charge in [-0.05, 0) is 24.7 Å². The van der Waals surface area contributed by atoms with Crippen LogP contribution in [0.25, 0.3) is 0 Å². The van der Waals surface area contributed by atoms with Gasteiger partial charge in [-0.25, -0.2) is 4.98 Å². The molecule has 0 spiro atoms. The van der Waals surface area contributed by atoms with Crippen molar-refractivity contribution in [1.82, 2.24) is 10.3 Å². The summed E-state index contributed by atoms with van der Waals surface area (Å²) in [5.74, 6) is 1.73. The summed E-state index contributed by atoms with van der Waals surface area (Å²) in [5, 5.41) is 7.18. The van der Waals surface area contributed by atoms with Crippen LogP contribution >= 0.6 is 11.3 Å². The zero-order valence-electron chi connectivity index (χ0n) is 13.0. The van der Waals surface area contributed by atoms with Gasteiger partial charge in [-0.15, -0.1) is 11.3 Å². The van der Waals surface area contributed by atoms with Crippen LogP contribution in [-0.2, 0) is 12.0 Å². The van der Waals surface area contributed by atoms with E-state index in [9.17, 15) is 0 Å². The zero-order valence-corrected chi connectivity index (χ0v) is 13.8. The van der Waals surface area contributed by atoms with Crippen LogP contribution in [0.15, 0.2) is 5.38 Å². The van der Waals surface area contributed by atoms with Gasteiger partial charge in [0.05, 0.1) is 10.7 Å². The summed E-state index contributed by atoms with van der Waals surface area (Å²) in [5.41, 5.74) is 1.39. The smallest absolute Gasteiger partial charge is 0.0982 e. The third-order valence-corrected chi connectivity index (χ3v) is 5.81. The first-order valence-electron chi connectivity index (χ1n) is 7.60. The van der Waals surface area contributed by atoms with Crippen molar-refractivity contribution in [1.29, 1.82) is 0 Å². The lowest BCUT2D eigenvalue weighted by molar-refractivity contribution is 0.343. The predicted octanol–water partition coefficient (Wildman–Crippen LogP) is 4.35. The molecule has 1 aromatic rings. The summed E-state index contributed by atoms with van der Waals surface area (Å²) < 4.78 is 0. The fourth-order valence-corrected chi connectivity index (χ4v) is 3.99. The van der Waals surface area contributed by atoms with E-state index in [1.807, 2.05) is 0 Å². The molecule has 0 aromatic carbocycles. The minimum atomic E-state index is 0.177. The molecule has 1 N–H and O–H groups in total. The Kier molecular flexibility index (Phi) is 4.67. The molecule has 3 heteroatoms. The Balaban J connectivity index is 1.88. The van der Waals surface area contributed by atoms with Crippen LogP contribution in [-0.4, -0.2) is 11.0 Å². The summed E-state index contributed by atoms with van der Waals surface area (Å²) >= 11 is 1.79. The molecular weight excluding hydrogens is 252 g/mol. The first-order valence-corrected chi connectivity index (χ1v) is 8.48. The normalized spacial score (nSPS) is 27.9. The largest absolute Gasteiger partial charge is 0.308 e. The van der Waals surface area contributed by atoms with Gasteiger partial charge < -0.3 is 5.32 Å². The maximum atomic E-state index is 4.76. The lowest BCUT2D eigenvalue weighted by Gasteiger charge is -2.20. The van der Waals surface area contributed by atoms with Gasteiger partial charge in [-0.2, -0.15) is 0 Å². The number of nitrogens with zero attached hydrogens (tertiary/aromatic N) is 1. The van der Waals surface area contributed by atoms with Gasteiger partial charge in [0.15, 0.2) is 0 Å². The Morgan fingerprint density at radius 2 is 2.11 bits per heavy atom. The highest BCUT2D eigenvalue weighted by atomic mass is 32.1. The van der Waals surface area contributed by atoms with Crippen molar-refractivity contribution in [2.45, 2.75) is 71.9 Å². The fourth-order valence-electron chi connectivity index (χ4n) is 3.08. The number of nitrogens with one attached hydrogen (secondary N) is 1. The van der Waals surface area contributed by atoms with Gasteiger partial charge in [0.2, 0.25) is 0 Å². The van der Waals surface area contributed by atoms with Crippen LogP contribution in [0.3, 0.4) is 0 Å². The topological polar surface area (TPSA) is 24.9 Å². The van der Waals surface area contributed by atoms with Crippen molar-refractivity contribution in [3.63, 3.8) is 0 Å². The van der Waals surface area contributed by atoms with Crippen LogP contribution in [0, 0.1) is 11.8 Å². The average molecular weight is 280 g/mol. The summed E-state index contributed by atoms with van der Waals surface area (Å²) in [4.78, 5) is 4.76. The zero-order chi connectivity index (χ0) is 14.0. The minimum absolute atomic E-state index is 0.177. The van der Waals surface area contributed by atoms with Crippen LogP contribution in [0.1, 0.15) is 64.6 Å². The first-order chi connectivity index (χ1) is 8.91. The van der Waals surface area contributed by atoms with Gasteiger partial charge >= 0.3 is 0 Å². The molecule has 1 heterocycles. The van der Waals surface area contributed by atoms with E-state index in [-0.39, 0.29) is 5.41 Å². The molecular formula is C16H28N2S. The number of thiazole rings is 1. The molecule has 108 valence electrons. The molecule has 2 nitrogen and oxygen atoms in total. The SMILES string of the molecule is CCC1CCC(NCc2csc(C(C)(C)C)n2)C1C. The molecule has 1 fully saturated rings. The van der Waals surface area contributed by atoms with Crippen LogP contribution in [0.2, 0.25) is 0 Å². The summed E-state index contributed by atoms with van der Waals surface area (Å²) in [6.45, 7) is 12.3. The lowest BCUT2D eigenvalue weighted by Crippen LogP contribution is -2.32. The van der Waals surface area contributed by atoms with E-state index in [1.54, 1.807) is 11.3 Å². The maximum Gasteiger partial charge on any atom is 0.0982 e. The van der Waals surface area contributed by atoms with E-state index in [2.05, 4.69) is 45.3 Å². The standard InChI is InChI=1S/C16H28N2S/c1-6-12-7-8-14(11(12)2)17-9-13-10-19-15(18-13)16(3,4)5/h10-12,14,17H,6-9H2,1-5H3. The molecule has 1 aliphatic carbocycles. The van der Waals surface area contributed by atoms with Crippen molar-refractivity contribution >= 4 is 11.3 Å². The van der Waals surface area contributed by atoms with Crippen molar-refractivity contribution in [2.24, 2.45) is 11.8 Å². The highest BCUT2D eigenvalue weighted by molar-refractivity contribution is 7.09. The number of rotatable bonds is 4. The molecule has 0 aliphatic heterocycles. The van der Waals surface area contributed by atoms with Crippen molar-refractivity contribution < 1.29 is 0 Å². The number of hydrogen-bond donors (Lipinski definition) is 1. The van der Waals surface area contributed by atoms with Gasteiger partial charge in [0.1, 0.15) is 0 Å². The quantitative estimate of drug-likeness (QED) is 0.886. The molecule has 0 bridgehead atoms. The Hall–Kier alpha value is -0.410. The van der Waals surface area contributed by atoms with E-state index in [1.165, 1.54) is 30.0 Å². The van der Waals surface area contributed by atoms with Gasteiger partial charge in [0.25, 0.3) is 0 Å². The van der Waals surface area contributed by atoms with E-state index >= 15 is 0 Å². The molecule has 3 unspecified atom stereocenters. The Labute approximate surface area is 122 Å². The number of hydrogen-bond acceptors (Lipinski definition) is 3. The third-order valence-electron chi connectivity index (χ3n) is 4.49. The average Bonchev–Trinajstić information content (AvgIpc) is 2.93. The lowest BCUT2D eigenvalue weighted by atomic mass is 9.93. The van der Waals surface area contributed by atoms with Gasteiger partial charge in [-0.1, -0.05) is 41.0 Å². The van der Waals surface area contributed by atoms with Crippen LogP contribution in [0.5, 0.6) is 0 Å². The fraction of sp³-hybridized carbons (Fsp3) is 0.812. The van der Waals surface area contributed by atoms with Crippen LogP contribution in [0.4, 0.5) is 0 Å². The first kappa shape index (κ1) is 15.0. The predicted molar refractivity (Wildman–Crippen MR) is 83.6 cm³/mol. The maximum absolute atomic E-state index is 4.76. The monoisotopic (exact) mass is 280 g/mol. The van der Waals surface area contributed by atoms with E-state index in [0.29, 0.717) is 6.04 Å². The molecule has 1 aromatic heterocycles. The Morgan fingerprint density at radius 1 is 1.37 bits per heavy atom. The second-order valence-electron chi connectivity index (χ2n) is 6.99. The highest BCUT2D eigenvalue weighted by Crippen LogP contribution is 2.34. The second-order valence-corrected chi connectivity index (χ2v) is 7.84. The Morgan fingerprint density at radius 3 is 2.63 bits per heavy atom. The van der Waals surface area contributed by atoms with Gasteiger partial charge in [-0.3, -0.25) is 0 Å². The van der Waals surface area contributed by atoms with Gasteiger partial charge in [0, 0.05) is 23.4 Å². The second kappa shape index (κ2) is 5.92. The van der Waals surface area contributed by atoms with Crippen molar-refractivity contribution in [3.8, 4) is 0 Å². The molecule has 1 aliphatic rings. The van der Waals surface area contributed by atoms with Crippen molar-refractivity contribution in [2.75, 3.05) is 0 Å². The van der Waals surface area contributed by atoms with E-state index < -0.39 is 0 Å². The molecule has 2 rings (SSSR count). The van der Waals surface area contributed by atoms with Crippen molar-refractivity contribution in [3.05, 3.63) is 16.1 Å². The summed E-state index contributed by atoms with van der Waals surface area (Å²) in [6, 6.07) is 0.685. The molecule has 0 radical (unpaired) electrons. The Bertz CT molecular complexity index is 405. The molecule has 19 heavy (non-hydrogen) atoms. The third kappa shape index (κ3) is 3.57. The molecule has 1 saturated carbocycles. The van der Waals surface area contributed by atoms with Crippen LogP contribution < -0.4 is 5.32 Å².